The Labute approximate surface area is 243 Å². The fourth-order valence-electron chi connectivity index (χ4n) is 5.74. The average Bonchev–Trinajstić information content (AvgIpc) is 3.03. The van der Waals surface area contributed by atoms with Crippen LogP contribution >= 0.6 is 0 Å². The fraction of sp³-hybridized carbons (Fsp3) is 0.0769. The SMILES string of the molecule is [2H]c1c([2H])c([Si](C)(C)C)c([2H])c([2H])c1-c1c2ccccc2c(-c2cccc(-c3ccc4ccccc4c3)c2)c2ccccc12. The lowest BCUT2D eigenvalue weighted by atomic mass is 9.85. The molecule has 7 aromatic carbocycles. The average molecular weight is 533 g/mol. The zero-order chi connectivity index (χ0) is 30.7. The first-order valence-corrected chi connectivity index (χ1v) is 17.3. The van der Waals surface area contributed by atoms with E-state index in [1.807, 2.05) is 36.4 Å². The van der Waals surface area contributed by atoms with Crippen molar-refractivity contribution in [2.45, 2.75) is 19.6 Å². The second-order valence-electron chi connectivity index (χ2n) is 11.5. The molecule has 0 saturated carbocycles. The van der Waals surface area contributed by atoms with Gasteiger partial charge in [-0.25, -0.2) is 0 Å². The van der Waals surface area contributed by atoms with Crippen LogP contribution in [0.5, 0.6) is 0 Å². The molecule has 0 fully saturated rings. The van der Waals surface area contributed by atoms with Crippen molar-refractivity contribution >= 4 is 45.6 Å². The molecule has 0 amide bonds. The van der Waals surface area contributed by atoms with Gasteiger partial charge < -0.3 is 0 Å². The van der Waals surface area contributed by atoms with E-state index in [9.17, 15) is 2.74 Å². The van der Waals surface area contributed by atoms with E-state index in [1.54, 1.807) is 0 Å². The maximum Gasteiger partial charge on any atom is 0.0775 e. The predicted octanol–water partition coefficient (Wildman–Crippen LogP) is 10.7. The first-order chi connectivity index (χ1) is 21.1. The van der Waals surface area contributed by atoms with E-state index in [4.69, 9.17) is 2.74 Å². The summed E-state index contributed by atoms with van der Waals surface area (Å²) in [4.78, 5) is 0. The van der Waals surface area contributed by atoms with E-state index in [1.165, 1.54) is 10.8 Å². The molecule has 7 aromatic rings. The summed E-state index contributed by atoms with van der Waals surface area (Å²) in [6.07, 6.45) is 0. The molecule has 192 valence electrons. The maximum atomic E-state index is 9.17. The molecule has 0 heterocycles. The molecule has 0 aliphatic rings. The molecular weight excluding hydrogens is 497 g/mol. The van der Waals surface area contributed by atoms with Crippen LogP contribution in [0.15, 0.2) is 139 Å². The van der Waals surface area contributed by atoms with Crippen molar-refractivity contribution in [2.75, 3.05) is 0 Å². The quantitative estimate of drug-likeness (QED) is 0.156. The molecule has 0 aliphatic carbocycles. The largest absolute Gasteiger partial charge is 0.0775 e. The van der Waals surface area contributed by atoms with Crippen LogP contribution in [0.3, 0.4) is 0 Å². The van der Waals surface area contributed by atoms with E-state index in [2.05, 4.69) is 98.5 Å². The summed E-state index contributed by atoms with van der Waals surface area (Å²) in [5.74, 6) is 0. The van der Waals surface area contributed by atoms with Gasteiger partial charge in [0.2, 0.25) is 0 Å². The molecule has 0 bridgehead atoms. The molecule has 0 radical (unpaired) electrons. The van der Waals surface area contributed by atoms with Crippen molar-refractivity contribution in [3.05, 3.63) is 139 Å². The molecule has 0 unspecified atom stereocenters. The zero-order valence-electron chi connectivity index (χ0n) is 27.0. The number of rotatable bonds is 4. The number of benzene rings is 7. The lowest BCUT2D eigenvalue weighted by Gasteiger charge is -2.20. The highest BCUT2D eigenvalue weighted by molar-refractivity contribution is 6.88. The minimum atomic E-state index is -2.13. The Morgan fingerprint density at radius 3 is 1.52 bits per heavy atom. The normalized spacial score (nSPS) is 13.3. The van der Waals surface area contributed by atoms with Gasteiger partial charge in [-0.1, -0.05) is 152 Å². The van der Waals surface area contributed by atoms with E-state index in [-0.39, 0.29) is 24.2 Å². The van der Waals surface area contributed by atoms with Crippen LogP contribution in [-0.2, 0) is 0 Å². The van der Waals surface area contributed by atoms with Crippen LogP contribution in [0, 0.1) is 0 Å². The van der Waals surface area contributed by atoms with Gasteiger partial charge in [0.25, 0.3) is 0 Å². The molecule has 0 N–H and O–H groups in total. The van der Waals surface area contributed by atoms with Gasteiger partial charge in [-0.15, -0.1) is 0 Å². The van der Waals surface area contributed by atoms with E-state index in [0.29, 0.717) is 10.8 Å². The summed E-state index contributed by atoms with van der Waals surface area (Å²) in [7, 11) is -2.13. The summed E-state index contributed by atoms with van der Waals surface area (Å²) >= 11 is 0. The highest BCUT2D eigenvalue weighted by Gasteiger charge is 2.19. The number of hydrogen-bond acceptors (Lipinski definition) is 0. The van der Waals surface area contributed by atoms with Gasteiger partial charge in [-0.2, -0.15) is 0 Å². The van der Waals surface area contributed by atoms with Gasteiger partial charge in [-0.3, -0.25) is 0 Å². The minimum absolute atomic E-state index is 0.0322. The molecule has 0 nitrogen and oxygen atoms in total. The van der Waals surface area contributed by atoms with Crippen LogP contribution < -0.4 is 5.19 Å². The summed E-state index contributed by atoms with van der Waals surface area (Å²) < 4.78 is 36.3. The second-order valence-corrected chi connectivity index (χ2v) is 16.5. The Morgan fingerprint density at radius 1 is 0.425 bits per heavy atom. The molecule has 1 heteroatoms. The molecule has 7 rings (SSSR count). The minimum Gasteiger partial charge on any atom is -0.0656 e. The standard InChI is InChI=1S/C39H32Si/c1-40(2,3)33-23-21-28(22-24-33)38-34-15-6-8-17-36(34)39(37-18-9-7-16-35(37)38)32-14-10-13-30(26-32)31-20-19-27-11-4-5-12-29(27)25-31/h4-26H,1-3H3/i21D,22D,23D,24D. The molecule has 0 aliphatic heterocycles. The topological polar surface area (TPSA) is 0 Å². The third kappa shape index (κ3) is 4.24. The smallest absolute Gasteiger partial charge is 0.0656 e. The highest BCUT2D eigenvalue weighted by Crippen LogP contribution is 2.44. The Morgan fingerprint density at radius 2 is 0.925 bits per heavy atom. The molecule has 0 saturated heterocycles. The molecule has 0 aromatic heterocycles. The molecular formula is C39H32Si. The van der Waals surface area contributed by atoms with Gasteiger partial charge in [0, 0.05) is 0 Å². The number of hydrogen-bond donors (Lipinski definition) is 0. The molecule has 0 atom stereocenters. The Hall–Kier alpha value is -4.46. The third-order valence-electron chi connectivity index (χ3n) is 7.79. The third-order valence-corrected chi connectivity index (χ3v) is 9.54. The zero-order valence-corrected chi connectivity index (χ0v) is 24.0. The lowest BCUT2D eigenvalue weighted by molar-refractivity contribution is 1.62. The van der Waals surface area contributed by atoms with Crippen molar-refractivity contribution in [3.63, 3.8) is 0 Å². The van der Waals surface area contributed by atoms with Gasteiger partial charge >= 0.3 is 0 Å². The second kappa shape index (κ2) is 9.62. The van der Waals surface area contributed by atoms with Crippen LogP contribution in [0.25, 0.3) is 65.7 Å². The van der Waals surface area contributed by atoms with Crippen molar-refractivity contribution < 1.29 is 5.48 Å². The predicted molar refractivity (Wildman–Crippen MR) is 178 cm³/mol. The van der Waals surface area contributed by atoms with Crippen molar-refractivity contribution in [1.29, 1.82) is 0 Å². The summed E-state index contributed by atoms with van der Waals surface area (Å²) in [5.41, 5.74) is 5.59. The fourth-order valence-corrected chi connectivity index (χ4v) is 6.62. The summed E-state index contributed by atoms with van der Waals surface area (Å²) in [6, 6.07) is 40.2. The van der Waals surface area contributed by atoms with Crippen LogP contribution in [0.1, 0.15) is 5.48 Å². The lowest BCUT2D eigenvalue weighted by Crippen LogP contribution is -2.37. The van der Waals surface area contributed by atoms with Gasteiger partial charge in [0.05, 0.1) is 13.6 Å². The van der Waals surface area contributed by atoms with Gasteiger partial charge in [0.1, 0.15) is 0 Å². The maximum absolute atomic E-state index is 9.17. The van der Waals surface area contributed by atoms with Gasteiger partial charge in [0.15, 0.2) is 0 Å². The van der Waals surface area contributed by atoms with Gasteiger partial charge in [-0.05, 0) is 77.8 Å². The number of fused-ring (bicyclic) bond motifs is 3. The first kappa shape index (κ1) is 20.4. The monoisotopic (exact) mass is 532 g/mol. The highest BCUT2D eigenvalue weighted by atomic mass is 28.3. The van der Waals surface area contributed by atoms with Crippen LogP contribution in [-0.4, -0.2) is 8.07 Å². The van der Waals surface area contributed by atoms with E-state index in [0.717, 1.165) is 49.4 Å². The molecule has 0 spiro atoms. The Bertz CT molecular complexity index is 2180. The van der Waals surface area contributed by atoms with E-state index < -0.39 is 8.07 Å². The van der Waals surface area contributed by atoms with Crippen LogP contribution in [0.4, 0.5) is 0 Å². The summed E-state index contributed by atoms with van der Waals surface area (Å²) in [6.45, 7) is 6.22. The van der Waals surface area contributed by atoms with E-state index >= 15 is 0 Å². The Kier molecular flexibility index (Phi) is 4.92. The van der Waals surface area contributed by atoms with Crippen molar-refractivity contribution in [2.24, 2.45) is 0 Å². The first-order valence-electron chi connectivity index (χ1n) is 15.8. The van der Waals surface area contributed by atoms with Crippen molar-refractivity contribution in [1.82, 2.24) is 0 Å². The molecule has 40 heavy (non-hydrogen) atoms. The Balaban J connectivity index is 1.53. The van der Waals surface area contributed by atoms with Crippen molar-refractivity contribution in [3.8, 4) is 33.4 Å². The summed E-state index contributed by atoms with van der Waals surface area (Å²) in [5, 5.41) is 6.86. The van der Waals surface area contributed by atoms with Crippen LogP contribution in [0.2, 0.25) is 19.6 Å².